The van der Waals surface area contributed by atoms with Gasteiger partial charge in [-0.05, 0) is 24.3 Å². The van der Waals surface area contributed by atoms with Crippen molar-refractivity contribution in [2.45, 2.75) is 12.6 Å². The molecule has 0 aromatic heterocycles. The molecule has 3 amide bonds. The molecule has 0 saturated carbocycles. The number of alkyl halides is 3. The summed E-state index contributed by atoms with van der Waals surface area (Å²) in [7, 11) is 1.42. The molecular weight excluding hydrogens is 297 g/mol. The Morgan fingerprint density at radius 3 is 2.41 bits per heavy atom. The number of urea groups is 1. The van der Waals surface area contributed by atoms with Crippen LogP contribution in [-0.2, 0) is 11.0 Å². The fourth-order valence-electron chi connectivity index (χ4n) is 2.24. The minimum absolute atomic E-state index is 0.0857. The molecule has 1 unspecified atom stereocenters. The van der Waals surface area contributed by atoms with E-state index >= 15 is 0 Å². The van der Waals surface area contributed by atoms with E-state index in [4.69, 9.17) is 0 Å². The van der Waals surface area contributed by atoms with Gasteiger partial charge in [-0.3, -0.25) is 14.6 Å². The number of carbonyl (C=O) groups excluding carboxylic acids is 2. The second kappa shape index (κ2) is 5.82. The SMILES string of the molecule is C=CC1CC(=O)N(C(=O)N(C)c2ccc(C(F)(F)F)cc2)C1. The first kappa shape index (κ1) is 16.1. The molecule has 2 rings (SSSR count). The lowest BCUT2D eigenvalue weighted by atomic mass is 10.1. The Morgan fingerprint density at radius 1 is 1.36 bits per heavy atom. The fraction of sp³-hybridized carbons (Fsp3) is 0.333. The molecule has 1 aliphatic heterocycles. The van der Waals surface area contributed by atoms with E-state index in [-0.39, 0.29) is 30.5 Å². The van der Waals surface area contributed by atoms with Gasteiger partial charge >= 0.3 is 12.2 Å². The molecule has 1 atom stereocenters. The van der Waals surface area contributed by atoms with Gasteiger partial charge in [0.05, 0.1) is 5.56 Å². The Balaban J connectivity index is 2.14. The number of carbonyl (C=O) groups is 2. The van der Waals surface area contributed by atoms with Crippen molar-refractivity contribution in [1.29, 1.82) is 0 Å². The van der Waals surface area contributed by atoms with Crippen molar-refractivity contribution in [3.8, 4) is 0 Å². The number of rotatable bonds is 2. The molecule has 118 valence electrons. The number of anilines is 1. The van der Waals surface area contributed by atoms with E-state index in [1.807, 2.05) is 0 Å². The molecule has 0 N–H and O–H groups in total. The monoisotopic (exact) mass is 312 g/mol. The Hall–Kier alpha value is -2.31. The van der Waals surface area contributed by atoms with Crippen LogP contribution < -0.4 is 4.90 Å². The number of benzene rings is 1. The fourth-order valence-corrected chi connectivity index (χ4v) is 2.24. The summed E-state index contributed by atoms with van der Waals surface area (Å²) in [6.45, 7) is 3.84. The van der Waals surface area contributed by atoms with Gasteiger partial charge in [0.1, 0.15) is 0 Å². The van der Waals surface area contributed by atoms with Crippen molar-refractivity contribution < 1.29 is 22.8 Å². The Labute approximate surface area is 125 Å². The lowest BCUT2D eigenvalue weighted by molar-refractivity contribution is -0.137. The van der Waals surface area contributed by atoms with Crippen LogP contribution in [-0.4, -0.2) is 30.4 Å². The number of imide groups is 1. The summed E-state index contributed by atoms with van der Waals surface area (Å²) in [6.07, 6.45) is -2.59. The predicted molar refractivity (Wildman–Crippen MR) is 75.3 cm³/mol. The third-order valence-electron chi connectivity index (χ3n) is 3.59. The number of hydrogen-bond donors (Lipinski definition) is 0. The van der Waals surface area contributed by atoms with Crippen molar-refractivity contribution in [1.82, 2.24) is 4.90 Å². The maximum atomic E-state index is 12.5. The number of amides is 3. The highest BCUT2D eigenvalue weighted by molar-refractivity contribution is 6.03. The standard InChI is InChI=1S/C15H15F3N2O2/c1-3-10-8-13(21)20(9-10)14(22)19(2)12-6-4-11(5-7-12)15(16,17)18/h3-7,10H,1,8-9H2,2H3. The molecule has 1 aromatic carbocycles. The maximum Gasteiger partial charge on any atom is 0.416 e. The molecule has 4 nitrogen and oxygen atoms in total. The third kappa shape index (κ3) is 3.13. The van der Waals surface area contributed by atoms with Gasteiger partial charge < -0.3 is 0 Å². The van der Waals surface area contributed by atoms with Crippen LogP contribution in [0.15, 0.2) is 36.9 Å². The highest BCUT2D eigenvalue weighted by Gasteiger charge is 2.34. The second-order valence-electron chi connectivity index (χ2n) is 5.09. The predicted octanol–water partition coefficient (Wildman–Crippen LogP) is 3.30. The average Bonchev–Trinajstić information content (AvgIpc) is 2.86. The van der Waals surface area contributed by atoms with Crippen molar-refractivity contribution in [2.75, 3.05) is 18.5 Å². The summed E-state index contributed by atoms with van der Waals surface area (Å²) in [4.78, 5) is 26.3. The van der Waals surface area contributed by atoms with Crippen LogP contribution in [0.4, 0.5) is 23.7 Å². The van der Waals surface area contributed by atoms with Crippen molar-refractivity contribution in [3.63, 3.8) is 0 Å². The van der Waals surface area contributed by atoms with Gasteiger partial charge in [0, 0.05) is 31.6 Å². The highest BCUT2D eigenvalue weighted by Crippen LogP contribution is 2.30. The van der Waals surface area contributed by atoms with E-state index in [0.717, 1.165) is 21.9 Å². The van der Waals surface area contributed by atoms with Crippen LogP contribution >= 0.6 is 0 Å². The maximum absolute atomic E-state index is 12.5. The minimum atomic E-state index is -4.43. The molecule has 1 heterocycles. The van der Waals surface area contributed by atoms with Crippen LogP contribution in [0.3, 0.4) is 0 Å². The summed E-state index contributed by atoms with van der Waals surface area (Å²) < 4.78 is 37.5. The van der Waals surface area contributed by atoms with Gasteiger partial charge in [-0.15, -0.1) is 6.58 Å². The van der Waals surface area contributed by atoms with E-state index in [9.17, 15) is 22.8 Å². The van der Waals surface area contributed by atoms with Crippen molar-refractivity contribution >= 4 is 17.6 Å². The van der Waals surface area contributed by atoms with E-state index in [1.165, 1.54) is 19.2 Å². The molecule has 7 heteroatoms. The molecule has 0 spiro atoms. The van der Waals surface area contributed by atoms with Gasteiger partial charge in [-0.1, -0.05) is 6.08 Å². The first-order valence-corrected chi connectivity index (χ1v) is 6.62. The van der Waals surface area contributed by atoms with Crippen molar-refractivity contribution in [3.05, 3.63) is 42.5 Å². The van der Waals surface area contributed by atoms with E-state index in [0.29, 0.717) is 0 Å². The average molecular weight is 312 g/mol. The molecule has 0 radical (unpaired) electrons. The number of likely N-dealkylation sites (tertiary alicyclic amines) is 1. The number of nitrogens with zero attached hydrogens (tertiary/aromatic N) is 2. The number of hydrogen-bond acceptors (Lipinski definition) is 2. The van der Waals surface area contributed by atoms with E-state index < -0.39 is 17.8 Å². The quantitative estimate of drug-likeness (QED) is 0.786. The summed E-state index contributed by atoms with van der Waals surface area (Å²) in [5, 5.41) is 0. The lowest BCUT2D eigenvalue weighted by Crippen LogP contribution is -2.42. The van der Waals surface area contributed by atoms with Crippen LogP contribution in [0, 0.1) is 5.92 Å². The summed E-state index contributed by atoms with van der Waals surface area (Å²) in [5.74, 6) is -0.397. The molecule has 1 fully saturated rings. The summed E-state index contributed by atoms with van der Waals surface area (Å²) in [6, 6.07) is 3.64. The second-order valence-corrected chi connectivity index (χ2v) is 5.09. The molecule has 0 aliphatic carbocycles. The molecule has 22 heavy (non-hydrogen) atoms. The van der Waals surface area contributed by atoms with E-state index in [2.05, 4.69) is 6.58 Å². The Kier molecular flexibility index (Phi) is 4.25. The van der Waals surface area contributed by atoms with E-state index in [1.54, 1.807) is 6.08 Å². The molecule has 1 aliphatic rings. The normalized spacial score (nSPS) is 18.5. The van der Waals surface area contributed by atoms with Crippen LogP contribution in [0.2, 0.25) is 0 Å². The van der Waals surface area contributed by atoms with Gasteiger partial charge in [-0.2, -0.15) is 13.2 Å². The Morgan fingerprint density at radius 2 is 1.95 bits per heavy atom. The lowest BCUT2D eigenvalue weighted by Gasteiger charge is -2.23. The molecule has 1 aromatic rings. The van der Waals surface area contributed by atoms with Gasteiger partial charge in [0.25, 0.3) is 0 Å². The van der Waals surface area contributed by atoms with Crippen LogP contribution in [0.5, 0.6) is 0 Å². The van der Waals surface area contributed by atoms with Crippen LogP contribution in [0.1, 0.15) is 12.0 Å². The highest BCUT2D eigenvalue weighted by atomic mass is 19.4. The molecular formula is C15H15F3N2O2. The third-order valence-corrected chi connectivity index (χ3v) is 3.59. The number of halogens is 3. The zero-order valence-electron chi connectivity index (χ0n) is 11.9. The first-order chi connectivity index (χ1) is 10.2. The largest absolute Gasteiger partial charge is 0.416 e. The first-order valence-electron chi connectivity index (χ1n) is 6.62. The topological polar surface area (TPSA) is 40.6 Å². The van der Waals surface area contributed by atoms with Gasteiger partial charge in [0.2, 0.25) is 5.91 Å². The zero-order valence-corrected chi connectivity index (χ0v) is 11.9. The molecule has 0 bridgehead atoms. The minimum Gasteiger partial charge on any atom is -0.297 e. The summed E-state index contributed by atoms with van der Waals surface area (Å²) in [5.41, 5.74) is -0.506. The van der Waals surface area contributed by atoms with Crippen LogP contribution in [0.25, 0.3) is 0 Å². The molecule has 1 saturated heterocycles. The van der Waals surface area contributed by atoms with Gasteiger partial charge in [-0.25, -0.2) is 4.79 Å². The Bertz CT molecular complexity index is 596. The summed E-state index contributed by atoms with van der Waals surface area (Å²) >= 11 is 0. The smallest absolute Gasteiger partial charge is 0.297 e. The zero-order chi connectivity index (χ0) is 16.5. The van der Waals surface area contributed by atoms with Crippen molar-refractivity contribution in [2.24, 2.45) is 5.92 Å². The van der Waals surface area contributed by atoms with Gasteiger partial charge in [0.15, 0.2) is 0 Å².